The number of thiocarbonyl (C=S) groups is 1. The first-order chi connectivity index (χ1) is 6.69. The third kappa shape index (κ3) is 2.30. The molecule has 1 saturated carbocycles. The lowest BCUT2D eigenvalue weighted by molar-refractivity contribution is -0.119. The Balaban J connectivity index is 2.35. The molecule has 0 aromatic carbocycles. The number of nitrogens with one attached hydrogen (secondary N) is 1. The Morgan fingerprint density at radius 3 is 2.13 bits per heavy atom. The van der Waals surface area contributed by atoms with Gasteiger partial charge in [0, 0.05) is 6.54 Å². The van der Waals surface area contributed by atoms with E-state index in [-0.39, 0.29) is 17.3 Å². The van der Waals surface area contributed by atoms with Crippen molar-refractivity contribution in [2.45, 2.75) is 34.1 Å². The van der Waals surface area contributed by atoms with Crippen LogP contribution in [0.5, 0.6) is 0 Å². The Morgan fingerprint density at radius 2 is 1.80 bits per heavy atom. The summed E-state index contributed by atoms with van der Waals surface area (Å²) in [6.45, 7) is 9.66. The summed E-state index contributed by atoms with van der Waals surface area (Å²) in [5.41, 5.74) is 5.91. The highest BCUT2D eigenvalue weighted by molar-refractivity contribution is 7.80. The molecule has 0 unspecified atom stereocenters. The maximum atomic E-state index is 11.3. The minimum absolute atomic E-state index is 0.0685. The molecule has 0 aromatic heterocycles. The highest BCUT2D eigenvalue weighted by atomic mass is 32.1. The van der Waals surface area contributed by atoms with Crippen molar-refractivity contribution in [1.29, 1.82) is 0 Å². The molecule has 1 rings (SSSR count). The van der Waals surface area contributed by atoms with Gasteiger partial charge in [-0.05, 0) is 16.7 Å². The van der Waals surface area contributed by atoms with Gasteiger partial charge in [-0.15, -0.1) is 0 Å². The highest BCUT2D eigenvalue weighted by Crippen LogP contribution is 2.67. The molecule has 1 amide bonds. The molecular formula is C11H20N2OS. The Kier molecular flexibility index (Phi) is 3.10. The van der Waals surface area contributed by atoms with Crippen molar-refractivity contribution < 1.29 is 4.79 Å². The number of nitrogens with two attached hydrogens (primary N) is 1. The van der Waals surface area contributed by atoms with Gasteiger partial charge >= 0.3 is 0 Å². The van der Waals surface area contributed by atoms with E-state index in [4.69, 9.17) is 5.73 Å². The van der Waals surface area contributed by atoms with Crippen molar-refractivity contribution in [2.24, 2.45) is 22.5 Å². The Bertz CT molecular complexity index is 283. The summed E-state index contributed by atoms with van der Waals surface area (Å²) < 4.78 is 0. The second-order valence-electron chi connectivity index (χ2n) is 5.44. The molecule has 0 heterocycles. The monoisotopic (exact) mass is 228 g/mol. The van der Waals surface area contributed by atoms with Crippen LogP contribution in [0.3, 0.4) is 0 Å². The highest BCUT2D eigenvalue weighted by Gasteiger charge is 2.64. The van der Waals surface area contributed by atoms with Crippen LogP contribution >= 0.6 is 12.2 Å². The summed E-state index contributed by atoms with van der Waals surface area (Å²) in [4.78, 5) is 11.6. The third-order valence-corrected chi connectivity index (χ3v) is 4.30. The fourth-order valence-electron chi connectivity index (χ4n) is 2.28. The number of rotatable bonds is 4. The average molecular weight is 228 g/mol. The fourth-order valence-corrected chi connectivity index (χ4v) is 2.41. The van der Waals surface area contributed by atoms with E-state index in [0.717, 1.165) is 6.54 Å². The summed E-state index contributed by atoms with van der Waals surface area (Å²) in [5, 5.41) is 2.88. The second kappa shape index (κ2) is 3.74. The van der Waals surface area contributed by atoms with Crippen LogP contribution in [-0.2, 0) is 4.79 Å². The smallest absolute Gasteiger partial charge is 0.226 e. The molecule has 0 radical (unpaired) electrons. The zero-order chi connectivity index (χ0) is 11.9. The van der Waals surface area contributed by atoms with Crippen molar-refractivity contribution >= 4 is 23.1 Å². The van der Waals surface area contributed by atoms with E-state index in [2.05, 4.69) is 45.2 Å². The third-order valence-electron chi connectivity index (χ3n) is 4.16. The molecule has 0 atom stereocenters. The van der Waals surface area contributed by atoms with Gasteiger partial charge in [0.15, 0.2) is 0 Å². The van der Waals surface area contributed by atoms with Crippen molar-refractivity contribution in [3.05, 3.63) is 0 Å². The standard InChI is InChI=1S/C11H20N2OS/c1-10(2)7(11(10,3)4)6-13-9(14)5-8(12)15/h7H,5-6H2,1-4H3,(H2,12,15)(H,13,14). The van der Waals surface area contributed by atoms with E-state index in [1.165, 1.54) is 0 Å². The van der Waals surface area contributed by atoms with Gasteiger partial charge in [0.05, 0.1) is 11.4 Å². The van der Waals surface area contributed by atoms with Crippen LogP contribution in [0.1, 0.15) is 34.1 Å². The molecule has 0 aliphatic heterocycles. The molecule has 1 aliphatic rings. The molecule has 15 heavy (non-hydrogen) atoms. The van der Waals surface area contributed by atoms with Gasteiger partial charge in [0.1, 0.15) is 0 Å². The van der Waals surface area contributed by atoms with Crippen molar-refractivity contribution in [1.82, 2.24) is 5.32 Å². The average Bonchev–Trinajstić information content (AvgIpc) is 2.38. The van der Waals surface area contributed by atoms with Gasteiger partial charge in [-0.25, -0.2) is 0 Å². The molecule has 0 bridgehead atoms. The minimum Gasteiger partial charge on any atom is -0.393 e. The number of hydrogen-bond donors (Lipinski definition) is 2. The number of carbonyl (C=O) groups excluding carboxylic acids is 1. The van der Waals surface area contributed by atoms with E-state index in [1.54, 1.807) is 0 Å². The lowest BCUT2D eigenvalue weighted by Crippen LogP contribution is -2.30. The molecular weight excluding hydrogens is 208 g/mol. The molecule has 0 spiro atoms. The molecule has 3 N–H and O–H groups in total. The molecule has 0 aromatic rings. The van der Waals surface area contributed by atoms with Crippen LogP contribution in [0.15, 0.2) is 0 Å². The topological polar surface area (TPSA) is 55.1 Å². The zero-order valence-corrected chi connectivity index (χ0v) is 10.7. The molecule has 1 aliphatic carbocycles. The lowest BCUT2D eigenvalue weighted by atomic mass is 10.0. The van der Waals surface area contributed by atoms with Crippen LogP contribution in [-0.4, -0.2) is 17.4 Å². The Morgan fingerprint density at radius 1 is 1.33 bits per heavy atom. The van der Waals surface area contributed by atoms with E-state index in [1.807, 2.05) is 0 Å². The largest absolute Gasteiger partial charge is 0.393 e. The van der Waals surface area contributed by atoms with Crippen molar-refractivity contribution in [3.8, 4) is 0 Å². The van der Waals surface area contributed by atoms with Crippen LogP contribution < -0.4 is 11.1 Å². The quantitative estimate of drug-likeness (QED) is 0.716. The van der Waals surface area contributed by atoms with Gasteiger partial charge in [0.2, 0.25) is 5.91 Å². The molecule has 0 saturated heterocycles. The first-order valence-electron chi connectivity index (χ1n) is 5.24. The first kappa shape index (κ1) is 12.4. The van der Waals surface area contributed by atoms with Crippen LogP contribution in [0.2, 0.25) is 0 Å². The SMILES string of the molecule is CC1(C)C(CNC(=O)CC(N)=S)C1(C)C. The second-order valence-corrected chi connectivity index (χ2v) is 5.97. The summed E-state index contributed by atoms with van der Waals surface area (Å²) in [6.07, 6.45) is 0.156. The lowest BCUT2D eigenvalue weighted by Gasteiger charge is -2.05. The van der Waals surface area contributed by atoms with Crippen LogP contribution in [0, 0.1) is 16.7 Å². The van der Waals surface area contributed by atoms with E-state index >= 15 is 0 Å². The maximum Gasteiger partial charge on any atom is 0.226 e. The maximum absolute atomic E-state index is 11.3. The predicted octanol–water partition coefficient (Wildman–Crippen LogP) is 1.46. The fraction of sp³-hybridized carbons (Fsp3) is 0.818. The molecule has 86 valence electrons. The van der Waals surface area contributed by atoms with Crippen LogP contribution in [0.4, 0.5) is 0 Å². The van der Waals surface area contributed by atoms with E-state index in [9.17, 15) is 4.79 Å². The minimum atomic E-state index is -0.0685. The summed E-state index contributed by atoms with van der Waals surface area (Å²) in [6, 6.07) is 0. The Labute approximate surface area is 96.8 Å². The first-order valence-corrected chi connectivity index (χ1v) is 5.65. The molecule has 3 nitrogen and oxygen atoms in total. The molecule has 4 heteroatoms. The summed E-state index contributed by atoms with van der Waals surface area (Å²) in [7, 11) is 0. The normalized spacial score (nSPS) is 22.1. The Hall–Kier alpha value is -0.640. The van der Waals surface area contributed by atoms with Gasteiger partial charge in [0.25, 0.3) is 0 Å². The van der Waals surface area contributed by atoms with Crippen molar-refractivity contribution in [3.63, 3.8) is 0 Å². The summed E-state index contributed by atoms with van der Waals surface area (Å²) >= 11 is 4.67. The van der Waals surface area contributed by atoms with Crippen LogP contribution in [0.25, 0.3) is 0 Å². The zero-order valence-electron chi connectivity index (χ0n) is 9.89. The van der Waals surface area contributed by atoms with E-state index < -0.39 is 0 Å². The molecule has 1 fully saturated rings. The number of carbonyl (C=O) groups is 1. The van der Waals surface area contributed by atoms with Gasteiger partial charge in [-0.1, -0.05) is 39.9 Å². The van der Waals surface area contributed by atoms with Crippen molar-refractivity contribution in [2.75, 3.05) is 6.54 Å². The summed E-state index contributed by atoms with van der Waals surface area (Å²) in [5.74, 6) is 0.473. The van der Waals surface area contributed by atoms with Gasteiger partial charge < -0.3 is 11.1 Å². The number of amides is 1. The van der Waals surface area contributed by atoms with Gasteiger partial charge in [-0.2, -0.15) is 0 Å². The predicted molar refractivity (Wildman–Crippen MR) is 65.5 cm³/mol. The van der Waals surface area contributed by atoms with E-state index in [0.29, 0.717) is 16.7 Å². The number of hydrogen-bond acceptors (Lipinski definition) is 2. The van der Waals surface area contributed by atoms with Gasteiger partial charge in [-0.3, -0.25) is 4.79 Å².